The number of hydrogen-bond acceptors (Lipinski definition) is 17. The second-order valence-electron chi connectivity index (χ2n) is 11.1. The number of nitrogen functional groups attached to an aromatic ring is 2. The maximum atomic E-state index is 13.3. The van der Waals surface area contributed by atoms with Crippen molar-refractivity contribution in [2.24, 2.45) is 11.7 Å². The van der Waals surface area contributed by atoms with E-state index in [-0.39, 0.29) is 34.2 Å². The molecule has 3 aliphatic heterocycles. The Labute approximate surface area is 261 Å². The molecule has 4 aromatic heterocycles. The zero-order valence-electron chi connectivity index (χ0n) is 24.2. The Morgan fingerprint density at radius 2 is 1.40 bits per heavy atom. The molecule has 0 aromatic carbocycles. The van der Waals surface area contributed by atoms with Crippen LogP contribution in [0.4, 0.5) is 11.9 Å². The van der Waals surface area contributed by atoms with Gasteiger partial charge in [-0.05, 0) is 0 Å². The Hall–Kier alpha value is -3.60. The van der Waals surface area contributed by atoms with E-state index in [4.69, 9.17) is 45.0 Å². The Morgan fingerprint density at radius 3 is 2.02 bits per heavy atom. The molecular formula is C22H29N11O12P2. The SMILES string of the molecule is C[C@@H]1[C@@H]2OCP(=O)(O)OC[C@H]3OC(n4cnc5c(=O)[nH]c(N)nc54)[C@H](N)[C@@H]3OP(=O)(O)OC[C@H]2O[C@H]1n1cnc2c(=O)[nH]c(N)nc21. The predicted molar refractivity (Wildman–Crippen MR) is 156 cm³/mol. The van der Waals surface area contributed by atoms with E-state index < -0.39 is 94.9 Å². The number of nitrogens with two attached hydrogens (primary N) is 3. The van der Waals surface area contributed by atoms with E-state index in [1.54, 1.807) is 6.92 Å². The third-order valence-electron chi connectivity index (χ3n) is 8.02. The lowest BCUT2D eigenvalue weighted by molar-refractivity contribution is -0.0576. The first-order chi connectivity index (χ1) is 22.2. The second kappa shape index (κ2) is 11.5. The first kappa shape index (κ1) is 32.0. The number of fused-ring (bicyclic) bond motifs is 4. The van der Waals surface area contributed by atoms with Gasteiger partial charge >= 0.3 is 15.4 Å². The van der Waals surface area contributed by atoms with E-state index in [0.29, 0.717) is 0 Å². The molecule has 0 spiro atoms. The standard InChI is InChI=1S/C22H29N11O12P2/c1-7-13-8(43-19(7)32-4-26-11-15(32)28-21(24)30-17(11)34)3-42-47(38,39)45-14-9(2-41-46(36,37)6-40-13)44-20(10(14)23)33-5-27-12-16(33)29-22(25)31-18(12)35/h4-5,7-10,13-14,19-20H,2-3,6,23H2,1H3,(H,36,37)(H,38,39)(H3,24,28,30,34)(H3,25,29,31,35)/t7-,8-,9-,10-,13+,14-,19-,20?/m1/s1. The van der Waals surface area contributed by atoms with Crippen molar-refractivity contribution in [2.75, 3.05) is 31.0 Å². The molecule has 7 rings (SSSR count). The van der Waals surface area contributed by atoms with E-state index in [0.717, 1.165) is 0 Å². The second-order valence-corrected chi connectivity index (χ2v) is 14.3. The van der Waals surface area contributed by atoms with Crippen LogP contribution in [-0.2, 0) is 36.9 Å². The van der Waals surface area contributed by atoms with Crippen LogP contribution in [-0.4, -0.2) is 98.8 Å². The monoisotopic (exact) mass is 701 g/mol. The number of H-pyrrole nitrogens is 2. The number of hydrogen-bond donors (Lipinski definition) is 7. The van der Waals surface area contributed by atoms with Crippen molar-refractivity contribution in [3.63, 3.8) is 0 Å². The number of nitrogens with one attached hydrogen (secondary N) is 2. The van der Waals surface area contributed by atoms with E-state index in [9.17, 15) is 28.5 Å². The van der Waals surface area contributed by atoms with Crippen molar-refractivity contribution < 1.29 is 46.7 Å². The first-order valence-corrected chi connectivity index (χ1v) is 17.2. The van der Waals surface area contributed by atoms with Crippen molar-refractivity contribution in [2.45, 2.75) is 49.8 Å². The molecule has 254 valence electrons. The van der Waals surface area contributed by atoms with Gasteiger partial charge in [0.1, 0.15) is 30.9 Å². The van der Waals surface area contributed by atoms with Gasteiger partial charge in [-0.1, -0.05) is 6.92 Å². The lowest BCUT2D eigenvalue weighted by Gasteiger charge is -2.24. The van der Waals surface area contributed by atoms with E-state index in [2.05, 4.69) is 29.9 Å². The van der Waals surface area contributed by atoms with Crippen LogP contribution in [0.2, 0.25) is 0 Å². The molecule has 3 aliphatic rings. The highest BCUT2D eigenvalue weighted by Crippen LogP contribution is 2.52. The molecule has 7 heterocycles. The number of rotatable bonds is 2. The fourth-order valence-corrected chi connectivity index (χ4v) is 7.69. The van der Waals surface area contributed by atoms with Crippen LogP contribution in [0.5, 0.6) is 0 Å². The average molecular weight is 701 g/mol. The van der Waals surface area contributed by atoms with Gasteiger partial charge in [0.2, 0.25) is 11.9 Å². The zero-order chi connectivity index (χ0) is 33.4. The summed E-state index contributed by atoms with van der Waals surface area (Å²) in [4.78, 5) is 67.0. The molecule has 23 nitrogen and oxygen atoms in total. The summed E-state index contributed by atoms with van der Waals surface area (Å²) in [5.74, 6) is -1.00. The number of nitrogens with zero attached hydrogens (tertiary/aromatic N) is 6. The van der Waals surface area contributed by atoms with Gasteiger partial charge in [-0.25, -0.2) is 14.5 Å². The first-order valence-electron chi connectivity index (χ1n) is 14.0. The smallest absolute Gasteiger partial charge is 0.369 e. The highest BCUT2D eigenvalue weighted by Gasteiger charge is 2.51. The predicted octanol–water partition coefficient (Wildman–Crippen LogP) is -1.76. The molecule has 4 aromatic rings. The molecule has 10 N–H and O–H groups in total. The third kappa shape index (κ3) is 5.78. The third-order valence-corrected chi connectivity index (χ3v) is 10.0. The maximum absolute atomic E-state index is 13.3. The van der Waals surface area contributed by atoms with E-state index >= 15 is 0 Å². The van der Waals surface area contributed by atoms with E-state index in [1.165, 1.54) is 21.8 Å². The molecule has 0 aliphatic carbocycles. The highest BCUT2D eigenvalue weighted by atomic mass is 31.2. The molecule has 0 saturated carbocycles. The van der Waals surface area contributed by atoms with Gasteiger partial charge in [-0.2, -0.15) is 9.97 Å². The Balaban J connectivity index is 1.17. The van der Waals surface area contributed by atoms with Crippen LogP contribution in [0.25, 0.3) is 22.3 Å². The number of ether oxygens (including phenoxy) is 3. The minimum Gasteiger partial charge on any atom is -0.369 e. The summed E-state index contributed by atoms with van der Waals surface area (Å²) in [6.45, 7) is 0.454. The van der Waals surface area contributed by atoms with Crippen molar-refractivity contribution in [3.8, 4) is 0 Å². The van der Waals surface area contributed by atoms with Crippen molar-refractivity contribution >= 4 is 49.6 Å². The fraction of sp³-hybridized carbons (Fsp3) is 0.545. The molecule has 3 saturated heterocycles. The summed E-state index contributed by atoms with van der Waals surface area (Å²) in [6.07, 6.45) is -5.31. The number of phosphoric acid groups is 1. The average Bonchev–Trinajstić information content (AvgIpc) is 3.74. The lowest BCUT2D eigenvalue weighted by Crippen LogP contribution is -2.41. The normalized spacial score (nSPS) is 36.9. The number of imidazole rings is 2. The Morgan fingerprint density at radius 1 is 0.872 bits per heavy atom. The molecule has 3 fully saturated rings. The van der Waals surface area contributed by atoms with Crippen LogP contribution in [0, 0.1) is 5.92 Å². The molecule has 3 unspecified atom stereocenters. The van der Waals surface area contributed by atoms with Crippen LogP contribution in [0.3, 0.4) is 0 Å². The molecule has 0 radical (unpaired) electrons. The Kier molecular flexibility index (Phi) is 7.84. The Bertz CT molecular complexity index is 2070. The van der Waals surface area contributed by atoms with Gasteiger partial charge in [-0.15, -0.1) is 0 Å². The number of anilines is 2. The molecule has 25 heteroatoms. The lowest BCUT2D eigenvalue weighted by atomic mass is 10.0. The van der Waals surface area contributed by atoms with Crippen LogP contribution in [0.1, 0.15) is 19.4 Å². The minimum atomic E-state index is -4.95. The summed E-state index contributed by atoms with van der Waals surface area (Å²) in [5, 5.41) is 0. The van der Waals surface area contributed by atoms with Gasteiger partial charge < -0.3 is 45.7 Å². The highest BCUT2D eigenvalue weighted by molar-refractivity contribution is 7.52. The minimum absolute atomic E-state index is 0.00709. The topological polar surface area (TPSA) is 335 Å². The van der Waals surface area contributed by atoms with Gasteiger partial charge in [0.05, 0.1) is 38.0 Å². The van der Waals surface area contributed by atoms with Gasteiger partial charge in [-0.3, -0.25) is 42.3 Å². The van der Waals surface area contributed by atoms with E-state index in [1.807, 2.05) is 0 Å². The molecule has 10 atom stereocenters. The quantitative estimate of drug-likeness (QED) is 0.114. The largest absolute Gasteiger partial charge is 0.472 e. The van der Waals surface area contributed by atoms with Gasteiger partial charge in [0.15, 0.2) is 28.6 Å². The molecule has 0 amide bonds. The number of aromatic amines is 2. The molecule has 0 bridgehead atoms. The molecular weight excluding hydrogens is 672 g/mol. The van der Waals surface area contributed by atoms with Crippen molar-refractivity contribution in [3.05, 3.63) is 33.4 Å². The molecule has 47 heavy (non-hydrogen) atoms. The summed E-state index contributed by atoms with van der Waals surface area (Å²) in [5.41, 5.74) is 16.6. The van der Waals surface area contributed by atoms with Crippen LogP contribution in [0.15, 0.2) is 22.2 Å². The van der Waals surface area contributed by atoms with Gasteiger partial charge in [0, 0.05) is 5.92 Å². The summed E-state index contributed by atoms with van der Waals surface area (Å²) in [6, 6.07) is -1.25. The zero-order valence-corrected chi connectivity index (χ0v) is 26.0. The van der Waals surface area contributed by atoms with Crippen molar-refractivity contribution in [1.29, 1.82) is 0 Å². The summed E-state index contributed by atoms with van der Waals surface area (Å²) < 4.78 is 63.1. The fourth-order valence-electron chi connectivity index (χ4n) is 5.89. The van der Waals surface area contributed by atoms with Gasteiger partial charge in [0.25, 0.3) is 11.1 Å². The maximum Gasteiger partial charge on any atom is 0.472 e. The van der Waals surface area contributed by atoms with Crippen LogP contribution < -0.4 is 28.3 Å². The summed E-state index contributed by atoms with van der Waals surface area (Å²) >= 11 is 0. The summed E-state index contributed by atoms with van der Waals surface area (Å²) in [7, 11) is -9.46. The number of phosphoric ester groups is 1. The van der Waals surface area contributed by atoms with Crippen molar-refractivity contribution in [1.82, 2.24) is 39.0 Å². The van der Waals surface area contributed by atoms with Crippen LogP contribution >= 0.6 is 15.4 Å². The number of aromatic nitrogens is 8.